The molecule has 0 aromatic heterocycles. The van der Waals surface area contributed by atoms with Crippen LogP contribution >= 0.6 is 0 Å². The van der Waals surface area contributed by atoms with E-state index >= 15 is 0 Å². The number of rotatable bonds is 4. The molecule has 0 fully saturated rings. The Morgan fingerprint density at radius 3 is 2.48 bits per heavy atom. The van der Waals surface area contributed by atoms with Crippen molar-refractivity contribution in [1.29, 1.82) is 0 Å². The summed E-state index contributed by atoms with van der Waals surface area (Å²) in [6.45, 7) is 2.62. The molecule has 2 aromatic carbocycles. The van der Waals surface area contributed by atoms with Gasteiger partial charge >= 0.3 is 0 Å². The van der Waals surface area contributed by atoms with E-state index < -0.39 is 11.6 Å². The minimum absolute atomic E-state index is 0.0240. The van der Waals surface area contributed by atoms with Gasteiger partial charge in [0, 0.05) is 5.56 Å². The molecule has 1 aliphatic rings. The first-order chi connectivity index (χ1) is 11.2. The number of benzene rings is 2. The van der Waals surface area contributed by atoms with Crippen molar-refractivity contribution in [2.24, 2.45) is 0 Å². The quantitative estimate of drug-likeness (QED) is 0.735. The summed E-state index contributed by atoms with van der Waals surface area (Å²) in [6.07, 6.45) is 4.92. The van der Waals surface area contributed by atoms with Crippen molar-refractivity contribution in [3.8, 4) is 16.9 Å². The third-order valence-corrected chi connectivity index (χ3v) is 3.85. The van der Waals surface area contributed by atoms with E-state index in [1.165, 1.54) is 12.1 Å². The van der Waals surface area contributed by atoms with Gasteiger partial charge in [-0.3, -0.25) is 0 Å². The standard InChI is InChI=1S/C19H18F2O2/c1-2-22-17-11-10-15(18(20)19(17)21)13-6-8-14(9-7-13)16-5-3-4-12-23-16/h3-4,6-11,16H,2,5,12H2,1H3. The smallest absolute Gasteiger partial charge is 0.201 e. The molecule has 23 heavy (non-hydrogen) atoms. The Hall–Kier alpha value is -2.20. The molecule has 0 saturated carbocycles. The van der Waals surface area contributed by atoms with Crippen LogP contribution in [0.15, 0.2) is 48.6 Å². The average Bonchev–Trinajstić information content (AvgIpc) is 2.60. The van der Waals surface area contributed by atoms with Crippen molar-refractivity contribution >= 4 is 0 Å². The summed E-state index contributed by atoms with van der Waals surface area (Å²) in [7, 11) is 0. The van der Waals surface area contributed by atoms with E-state index in [9.17, 15) is 8.78 Å². The van der Waals surface area contributed by atoms with Crippen molar-refractivity contribution in [3.63, 3.8) is 0 Å². The van der Waals surface area contributed by atoms with Crippen molar-refractivity contribution in [2.45, 2.75) is 19.4 Å². The normalized spacial score (nSPS) is 17.3. The summed E-state index contributed by atoms with van der Waals surface area (Å²) in [5.74, 6) is -1.90. The molecule has 0 spiro atoms. The Labute approximate surface area is 134 Å². The molecule has 1 unspecified atom stereocenters. The van der Waals surface area contributed by atoms with Crippen LogP contribution < -0.4 is 4.74 Å². The SMILES string of the molecule is CCOc1ccc(-c2ccc(C3CC=CCO3)cc2)c(F)c1F. The van der Waals surface area contributed by atoms with Crippen molar-refractivity contribution in [3.05, 3.63) is 65.7 Å². The van der Waals surface area contributed by atoms with E-state index in [1.54, 1.807) is 19.1 Å². The van der Waals surface area contributed by atoms with Crippen molar-refractivity contribution in [1.82, 2.24) is 0 Å². The molecule has 1 atom stereocenters. The Morgan fingerprint density at radius 1 is 1.04 bits per heavy atom. The van der Waals surface area contributed by atoms with Crippen LogP contribution in [0.3, 0.4) is 0 Å². The topological polar surface area (TPSA) is 18.5 Å². The van der Waals surface area contributed by atoms with Crippen LogP contribution in [0.2, 0.25) is 0 Å². The van der Waals surface area contributed by atoms with E-state index in [4.69, 9.17) is 9.47 Å². The lowest BCUT2D eigenvalue weighted by molar-refractivity contribution is 0.0678. The molecule has 120 valence electrons. The summed E-state index contributed by atoms with van der Waals surface area (Å²) < 4.78 is 38.9. The van der Waals surface area contributed by atoms with Crippen LogP contribution in [-0.4, -0.2) is 13.2 Å². The Balaban J connectivity index is 1.87. The van der Waals surface area contributed by atoms with Gasteiger partial charge < -0.3 is 9.47 Å². The van der Waals surface area contributed by atoms with Crippen LogP contribution in [0.1, 0.15) is 25.0 Å². The second-order valence-corrected chi connectivity index (χ2v) is 5.32. The van der Waals surface area contributed by atoms with Gasteiger partial charge in [0.1, 0.15) is 0 Å². The van der Waals surface area contributed by atoms with Gasteiger partial charge in [-0.05, 0) is 36.6 Å². The molecule has 1 aliphatic heterocycles. The van der Waals surface area contributed by atoms with Gasteiger partial charge in [0.2, 0.25) is 5.82 Å². The summed E-state index contributed by atoms with van der Waals surface area (Å²) >= 11 is 0. The van der Waals surface area contributed by atoms with E-state index in [-0.39, 0.29) is 17.4 Å². The molecular weight excluding hydrogens is 298 g/mol. The lowest BCUT2D eigenvalue weighted by Crippen LogP contribution is -2.07. The first kappa shape index (κ1) is 15.7. The second kappa shape index (κ2) is 6.92. The summed E-state index contributed by atoms with van der Waals surface area (Å²) in [5.41, 5.74) is 1.88. The van der Waals surface area contributed by atoms with E-state index in [0.717, 1.165) is 12.0 Å². The van der Waals surface area contributed by atoms with Crippen LogP contribution in [0.25, 0.3) is 11.1 Å². The minimum atomic E-state index is -0.950. The maximum absolute atomic E-state index is 14.2. The maximum atomic E-state index is 14.2. The van der Waals surface area contributed by atoms with E-state index in [1.807, 2.05) is 18.2 Å². The lowest BCUT2D eigenvalue weighted by Gasteiger charge is -2.19. The average molecular weight is 316 g/mol. The lowest BCUT2D eigenvalue weighted by atomic mass is 9.99. The summed E-state index contributed by atoms with van der Waals surface area (Å²) in [5, 5.41) is 0. The van der Waals surface area contributed by atoms with Gasteiger partial charge in [0.15, 0.2) is 11.6 Å². The number of ether oxygens (including phenoxy) is 2. The van der Waals surface area contributed by atoms with Gasteiger partial charge in [-0.2, -0.15) is 4.39 Å². The summed E-state index contributed by atoms with van der Waals surface area (Å²) in [6, 6.07) is 10.4. The van der Waals surface area contributed by atoms with Crippen molar-refractivity contribution < 1.29 is 18.3 Å². The number of halogens is 2. The zero-order valence-corrected chi connectivity index (χ0v) is 12.9. The minimum Gasteiger partial charge on any atom is -0.491 e. The van der Waals surface area contributed by atoms with Gasteiger partial charge in [-0.25, -0.2) is 4.39 Å². The first-order valence-electron chi connectivity index (χ1n) is 7.68. The van der Waals surface area contributed by atoms with E-state index in [2.05, 4.69) is 6.08 Å². The highest BCUT2D eigenvalue weighted by Gasteiger charge is 2.17. The van der Waals surface area contributed by atoms with E-state index in [0.29, 0.717) is 18.8 Å². The van der Waals surface area contributed by atoms with Crippen LogP contribution in [0, 0.1) is 11.6 Å². The monoisotopic (exact) mass is 316 g/mol. The number of hydrogen-bond donors (Lipinski definition) is 0. The van der Waals surface area contributed by atoms with Gasteiger partial charge in [-0.15, -0.1) is 0 Å². The van der Waals surface area contributed by atoms with Crippen molar-refractivity contribution in [2.75, 3.05) is 13.2 Å². The molecule has 3 rings (SSSR count). The molecule has 0 radical (unpaired) electrons. The zero-order valence-electron chi connectivity index (χ0n) is 12.9. The zero-order chi connectivity index (χ0) is 16.2. The highest BCUT2D eigenvalue weighted by molar-refractivity contribution is 5.65. The molecule has 0 saturated heterocycles. The van der Waals surface area contributed by atoms with Gasteiger partial charge in [0.25, 0.3) is 0 Å². The molecule has 0 amide bonds. The third kappa shape index (κ3) is 3.27. The maximum Gasteiger partial charge on any atom is 0.201 e. The molecule has 0 bridgehead atoms. The first-order valence-corrected chi connectivity index (χ1v) is 7.68. The fourth-order valence-corrected chi connectivity index (χ4v) is 2.66. The molecule has 0 N–H and O–H groups in total. The third-order valence-electron chi connectivity index (χ3n) is 3.85. The fourth-order valence-electron chi connectivity index (χ4n) is 2.66. The van der Waals surface area contributed by atoms with Crippen LogP contribution in [0.4, 0.5) is 8.78 Å². The predicted octanol–water partition coefficient (Wildman–Crippen LogP) is 5.05. The predicted molar refractivity (Wildman–Crippen MR) is 85.4 cm³/mol. The molecule has 0 aliphatic carbocycles. The fraction of sp³-hybridized carbons (Fsp3) is 0.263. The molecule has 1 heterocycles. The molecule has 2 aromatic rings. The van der Waals surface area contributed by atoms with Crippen LogP contribution in [0.5, 0.6) is 5.75 Å². The largest absolute Gasteiger partial charge is 0.491 e. The van der Waals surface area contributed by atoms with Gasteiger partial charge in [0.05, 0.1) is 19.3 Å². The Bertz CT molecular complexity index is 708. The number of hydrogen-bond acceptors (Lipinski definition) is 2. The second-order valence-electron chi connectivity index (χ2n) is 5.32. The molecular formula is C19H18F2O2. The highest BCUT2D eigenvalue weighted by Crippen LogP contribution is 2.32. The molecule has 4 heteroatoms. The Morgan fingerprint density at radius 2 is 1.83 bits per heavy atom. The summed E-state index contributed by atoms with van der Waals surface area (Å²) in [4.78, 5) is 0. The highest BCUT2D eigenvalue weighted by atomic mass is 19.2. The Kier molecular flexibility index (Phi) is 4.72. The van der Waals surface area contributed by atoms with Gasteiger partial charge in [-0.1, -0.05) is 36.4 Å². The van der Waals surface area contributed by atoms with Crippen LogP contribution in [-0.2, 0) is 4.74 Å². The molecule has 2 nitrogen and oxygen atoms in total.